The van der Waals surface area contributed by atoms with E-state index in [1.54, 1.807) is 12.4 Å². The fourth-order valence-electron chi connectivity index (χ4n) is 1.39. The number of aliphatic hydroxyl groups excluding tert-OH is 1. The summed E-state index contributed by atoms with van der Waals surface area (Å²) in [7, 11) is 0. The standard InChI is InChI=1S/C8H10ClN3O/c9-6-3-10-8(11-4-6)12-2-1-7(13)5-12/h3-4,7,13H,1-2,5H2/t7-/m0/s1. The highest BCUT2D eigenvalue weighted by molar-refractivity contribution is 6.30. The van der Waals surface area contributed by atoms with Crippen molar-refractivity contribution < 1.29 is 5.11 Å². The summed E-state index contributed by atoms with van der Waals surface area (Å²) < 4.78 is 0. The molecule has 0 aliphatic carbocycles. The summed E-state index contributed by atoms with van der Waals surface area (Å²) in [5.41, 5.74) is 0. The molecule has 2 heterocycles. The minimum atomic E-state index is -0.251. The van der Waals surface area contributed by atoms with E-state index in [1.807, 2.05) is 4.90 Å². The van der Waals surface area contributed by atoms with Crippen LogP contribution in [0, 0.1) is 0 Å². The lowest BCUT2D eigenvalue weighted by molar-refractivity contribution is 0.198. The van der Waals surface area contributed by atoms with Gasteiger partial charge in [0.1, 0.15) is 0 Å². The van der Waals surface area contributed by atoms with E-state index >= 15 is 0 Å². The third-order valence-corrected chi connectivity index (χ3v) is 2.25. The molecule has 0 spiro atoms. The van der Waals surface area contributed by atoms with Crippen LogP contribution >= 0.6 is 11.6 Å². The number of halogens is 1. The fraction of sp³-hybridized carbons (Fsp3) is 0.500. The molecule has 2 rings (SSSR count). The molecule has 0 unspecified atom stereocenters. The van der Waals surface area contributed by atoms with Gasteiger partial charge in [-0.15, -0.1) is 0 Å². The third kappa shape index (κ3) is 1.89. The van der Waals surface area contributed by atoms with Crippen molar-refractivity contribution >= 4 is 17.5 Å². The Balaban J connectivity index is 2.13. The summed E-state index contributed by atoms with van der Waals surface area (Å²) in [6.07, 6.45) is 3.66. The number of hydrogen-bond acceptors (Lipinski definition) is 4. The van der Waals surface area contributed by atoms with Crippen molar-refractivity contribution in [2.75, 3.05) is 18.0 Å². The molecule has 5 heteroatoms. The summed E-state index contributed by atoms with van der Waals surface area (Å²) in [6, 6.07) is 0. The van der Waals surface area contributed by atoms with Crippen molar-refractivity contribution in [3.05, 3.63) is 17.4 Å². The molecule has 1 atom stereocenters. The molecule has 1 aliphatic heterocycles. The van der Waals surface area contributed by atoms with Crippen molar-refractivity contribution in [1.82, 2.24) is 9.97 Å². The zero-order chi connectivity index (χ0) is 9.26. The van der Waals surface area contributed by atoms with E-state index in [-0.39, 0.29) is 6.10 Å². The van der Waals surface area contributed by atoms with E-state index in [2.05, 4.69) is 9.97 Å². The molecule has 13 heavy (non-hydrogen) atoms. The van der Waals surface area contributed by atoms with E-state index in [9.17, 15) is 5.11 Å². The normalized spacial score (nSPS) is 22.3. The number of aromatic nitrogens is 2. The first-order chi connectivity index (χ1) is 6.25. The highest BCUT2D eigenvalue weighted by Gasteiger charge is 2.21. The SMILES string of the molecule is O[C@H]1CCN(c2ncc(Cl)cn2)C1. The molecule has 1 saturated heterocycles. The minimum absolute atomic E-state index is 0.251. The maximum atomic E-state index is 9.29. The van der Waals surface area contributed by atoms with Crippen LogP contribution in [0.3, 0.4) is 0 Å². The first-order valence-electron chi connectivity index (χ1n) is 4.16. The second-order valence-corrected chi connectivity index (χ2v) is 3.53. The van der Waals surface area contributed by atoms with Crippen molar-refractivity contribution in [3.8, 4) is 0 Å². The fourth-order valence-corrected chi connectivity index (χ4v) is 1.49. The Morgan fingerprint density at radius 2 is 2.15 bits per heavy atom. The van der Waals surface area contributed by atoms with E-state index in [0.717, 1.165) is 13.0 Å². The lowest BCUT2D eigenvalue weighted by atomic mass is 10.3. The number of aliphatic hydroxyl groups is 1. The number of rotatable bonds is 1. The summed E-state index contributed by atoms with van der Waals surface area (Å²) >= 11 is 5.65. The average Bonchev–Trinajstić information content (AvgIpc) is 2.53. The second-order valence-electron chi connectivity index (χ2n) is 3.09. The van der Waals surface area contributed by atoms with Gasteiger partial charge >= 0.3 is 0 Å². The van der Waals surface area contributed by atoms with Crippen LogP contribution in [0.4, 0.5) is 5.95 Å². The Labute approximate surface area is 81.2 Å². The number of β-amino-alcohol motifs (C(OH)–C–C–N with tert-alkyl or cyclic N) is 1. The van der Waals surface area contributed by atoms with Crippen LogP contribution in [0.15, 0.2) is 12.4 Å². The summed E-state index contributed by atoms with van der Waals surface area (Å²) in [4.78, 5) is 10.1. The first-order valence-corrected chi connectivity index (χ1v) is 4.54. The molecule has 0 saturated carbocycles. The molecule has 1 aromatic rings. The Morgan fingerprint density at radius 3 is 2.69 bits per heavy atom. The molecule has 1 fully saturated rings. The summed E-state index contributed by atoms with van der Waals surface area (Å²) in [6.45, 7) is 1.42. The van der Waals surface area contributed by atoms with Gasteiger partial charge in [0.25, 0.3) is 0 Å². The van der Waals surface area contributed by atoms with Crippen molar-refractivity contribution in [2.24, 2.45) is 0 Å². The Bertz CT molecular complexity index is 290. The van der Waals surface area contributed by atoms with E-state index < -0.39 is 0 Å². The van der Waals surface area contributed by atoms with Gasteiger partial charge in [0.05, 0.1) is 23.5 Å². The van der Waals surface area contributed by atoms with E-state index in [4.69, 9.17) is 11.6 Å². The van der Waals surface area contributed by atoms with Gasteiger partial charge in [0.15, 0.2) is 0 Å². The van der Waals surface area contributed by atoms with Gasteiger partial charge in [0.2, 0.25) is 5.95 Å². The Hall–Kier alpha value is -0.870. The largest absolute Gasteiger partial charge is 0.391 e. The van der Waals surface area contributed by atoms with Crippen LogP contribution < -0.4 is 4.90 Å². The lowest BCUT2D eigenvalue weighted by Gasteiger charge is -2.14. The van der Waals surface area contributed by atoms with Gasteiger partial charge in [0, 0.05) is 13.1 Å². The predicted molar refractivity (Wildman–Crippen MR) is 49.9 cm³/mol. The van der Waals surface area contributed by atoms with Crippen molar-refractivity contribution in [1.29, 1.82) is 0 Å². The van der Waals surface area contributed by atoms with Gasteiger partial charge in [-0.3, -0.25) is 0 Å². The highest BCUT2D eigenvalue weighted by atomic mass is 35.5. The van der Waals surface area contributed by atoms with Gasteiger partial charge in [-0.1, -0.05) is 11.6 Å². The first kappa shape index (κ1) is 8.72. The van der Waals surface area contributed by atoms with Crippen LogP contribution in [0.25, 0.3) is 0 Å². The van der Waals surface area contributed by atoms with E-state index in [1.165, 1.54) is 0 Å². The topological polar surface area (TPSA) is 49.2 Å². The van der Waals surface area contributed by atoms with Crippen molar-refractivity contribution in [2.45, 2.75) is 12.5 Å². The predicted octanol–water partition coefficient (Wildman–Crippen LogP) is 0.701. The van der Waals surface area contributed by atoms with Gasteiger partial charge in [-0.25, -0.2) is 9.97 Å². The highest BCUT2D eigenvalue weighted by Crippen LogP contribution is 2.16. The molecular formula is C8H10ClN3O. The molecule has 1 aliphatic rings. The van der Waals surface area contributed by atoms with Gasteiger partial charge in [-0.2, -0.15) is 0 Å². The lowest BCUT2D eigenvalue weighted by Crippen LogP contribution is -2.23. The van der Waals surface area contributed by atoms with Crippen LogP contribution in [-0.4, -0.2) is 34.3 Å². The summed E-state index contributed by atoms with van der Waals surface area (Å²) in [5, 5.41) is 9.82. The van der Waals surface area contributed by atoms with Gasteiger partial charge in [-0.05, 0) is 6.42 Å². The van der Waals surface area contributed by atoms with Crippen LogP contribution in [0.1, 0.15) is 6.42 Å². The molecule has 0 amide bonds. The van der Waals surface area contributed by atoms with Crippen LogP contribution in [-0.2, 0) is 0 Å². The smallest absolute Gasteiger partial charge is 0.225 e. The molecular weight excluding hydrogens is 190 g/mol. The van der Waals surface area contributed by atoms with E-state index in [0.29, 0.717) is 17.5 Å². The molecule has 0 bridgehead atoms. The number of anilines is 1. The average molecular weight is 200 g/mol. The molecule has 0 radical (unpaired) electrons. The summed E-state index contributed by atoms with van der Waals surface area (Å²) in [5.74, 6) is 0.640. The monoisotopic (exact) mass is 199 g/mol. The maximum Gasteiger partial charge on any atom is 0.225 e. The number of nitrogens with zero attached hydrogens (tertiary/aromatic N) is 3. The zero-order valence-corrected chi connectivity index (χ0v) is 7.78. The molecule has 4 nitrogen and oxygen atoms in total. The van der Waals surface area contributed by atoms with Crippen molar-refractivity contribution in [3.63, 3.8) is 0 Å². The van der Waals surface area contributed by atoms with Crippen LogP contribution in [0.5, 0.6) is 0 Å². The molecule has 1 aromatic heterocycles. The zero-order valence-electron chi connectivity index (χ0n) is 7.02. The third-order valence-electron chi connectivity index (χ3n) is 2.05. The molecule has 1 N–H and O–H groups in total. The maximum absolute atomic E-state index is 9.29. The second kappa shape index (κ2) is 3.47. The minimum Gasteiger partial charge on any atom is -0.391 e. The quantitative estimate of drug-likeness (QED) is 0.724. The number of hydrogen-bond donors (Lipinski definition) is 1. The Morgan fingerprint density at radius 1 is 1.46 bits per heavy atom. The van der Waals surface area contributed by atoms with Gasteiger partial charge < -0.3 is 10.0 Å². The molecule has 0 aromatic carbocycles. The molecule has 70 valence electrons. The van der Waals surface area contributed by atoms with Crippen LogP contribution in [0.2, 0.25) is 5.02 Å². The Kier molecular flexibility index (Phi) is 2.33.